The van der Waals surface area contributed by atoms with Gasteiger partial charge >= 0.3 is 0 Å². The second-order valence-corrected chi connectivity index (χ2v) is 12.2. The lowest BCUT2D eigenvalue weighted by atomic mass is 9.87. The summed E-state index contributed by atoms with van der Waals surface area (Å²) in [5.41, 5.74) is 3.22. The van der Waals surface area contributed by atoms with Gasteiger partial charge in [-0.3, -0.25) is 4.57 Å². The number of nitrogens with zero attached hydrogens (tertiary/aromatic N) is 2. The Hall–Kier alpha value is -3.11. The molecular weight excluding hydrogens is 508 g/mol. The molecule has 0 saturated heterocycles. The van der Waals surface area contributed by atoms with Crippen molar-refractivity contribution in [1.82, 2.24) is 9.55 Å². The Kier molecular flexibility index (Phi) is 5.58. The van der Waals surface area contributed by atoms with E-state index in [1.807, 2.05) is 81.6 Å². The molecular formula is C32H33BrN2O. The number of hydrogen-bond donors (Lipinski definition) is 0. The van der Waals surface area contributed by atoms with Crippen molar-refractivity contribution in [2.75, 3.05) is 0 Å². The van der Waals surface area contributed by atoms with Crippen molar-refractivity contribution in [3.05, 3.63) is 94.6 Å². The molecule has 2 heterocycles. The number of fused-ring (bicyclic) bond motifs is 3. The van der Waals surface area contributed by atoms with Gasteiger partial charge in [0, 0.05) is 30.2 Å². The lowest BCUT2D eigenvalue weighted by Gasteiger charge is -2.20. The Labute approximate surface area is 225 Å². The van der Waals surface area contributed by atoms with Crippen molar-refractivity contribution in [2.24, 2.45) is 5.41 Å². The van der Waals surface area contributed by atoms with E-state index >= 15 is 0 Å². The fourth-order valence-corrected chi connectivity index (χ4v) is 4.87. The second kappa shape index (κ2) is 9.08. The van der Waals surface area contributed by atoms with Gasteiger partial charge in [-0.15, -0.1) is 0 Å². The molecule has 36 heavy (non-hydrogen) atoms. The minimum atomic E-state index is -1.50. The van der Waals surface area contributed by atoms with Crippen LogP contribution in [-0.2, 0) is 11.8 Å². The highest BCUT2D eigenvalue weighted by Crippen LogP contribution is 2.37. The predicted molar refractivity (Wildman–Crippen MR) is 155 cm³/mol. The third kappa shape index (κ3) is 5.05. The molecule has 0 N–H and O–H groups in total. The second-order valence-electron chi connectivity index (χ2n) is 11.3. The van der Waals surface area contributed by atoms with E-state index in [9.17, 15) is 0 Å². The van der Waals surface area contributed by atoms with Crippen molar-refractivity contribution in [3.63, 3.8) is 0 Å². The third-order valence-corrected chi connectivity index (χ3v) is 6.62. The smallest absolute Gasteiger partial charge is 0.137 e. The molecule has 3 nitrogen and oxygen atoms in total. The molecule has 0 bridgehead atoms. The molecule has 0 spiro atoms. The van der Waals surface area contributed by atoms with E-state index in [4.69, 9.17) is 12.5 Å². The SMILES string of the molecule is [2H]C([2H])(c1ccc2c(c1)c1ccc(Oc3cccc(Br)c3)cc1n2-c1cc(C(C)(C)C)ccn1)C(C)(C)C. The zero-order valence-corrected chi connectivity index (χ0v) is 23.3. The fourth-order valence-electron chi connectivity index (χ4n) is 4.50. The van der Waals surface area contributed by atoms with Crippen molar-refractivity contribution in [3.8, 4) is 17.3 Å². The zero-order chi connectivity index (χ0) is 27.5. The number of rotatable bonds is 4. The Morgan fingerprint density at radius 3 is 2.33 bits per heavy atom. The van der Waals surface area contributed by atoms with Crippen LogP contribution in [0.3, 0.4) is 0 Å². The average molecular weight is 544 g/mol. The fraction of sp³-hybridized carbons (Fsp3) is 0.281. The summed E-state index contributed by atoms with van der Waals surface area (Å²) in [6.45, 7) is 12.4. The van der Waals surface area contributed by atoms with Crippen LogP contribution in [0.5, 0.6) is 11.5 Å². The molecule has 0 unspecified atom stereocenters. The first-order valence-corrected chi connectivity index (χ1v) is 13.0. The van der Waals surface area contributed by atoms with E-state index in [1.165, 1.54) is 5.56 Å². The van der Waals surface area contributed by atoms with Gasteiger partial charge in [0.25, 0.3) is 0 Å². The summed E-state index contributed by atoms with van der Waals surface area (Å²) in [6, 6.07) is 24.0. The van der Waals surface area contributed by atoms with Crippen LogP contribution in [0, 0.1) is 5.41 Å². The summed E-state index contributed by atoms with van der Waals surface area (Å²) in [5, 5.41) is 2.01. The molecule has 0 amide bonds. The Morgan fingerprint density at radius 1 is 0.833 bits per heavy atom. The summed E-state index contributed by atoms with van der Waals surface area (Å²) in [5.74, 6) is 2.29. The molecule has 2 aromatic heterocycles. The van der Waals surface area contributed by atoms with Crippen molar-refractivity contribution < 1.29 is 7.48 Å². The number of pyridine rings is 1. The molecule has 184 valence electrons. The Bertz CT molecular complexity index is 1660. The van der Waals surface area contributed by atoms with Crippen LogP contribution in [0.2, 0.25) is 0 Å². The molecule has 3 aromatic carbocycles. The van der Waals surface area contributed by atoms with E-state index in [1.54, 1.807) is 0 Å². The Balaban J connectivity index is 1.77. The molecule has 4 heteroatoms. The van der Waals surface area contributed by atoms with Gasteiger partial charge in [0.05, 0.1) is 11.0 Å². The highest BCUT2D eigenvalue weighted by Gasteiger charge is 2.19. The molecule has 0 saturated carbocycles. The van der Waals surface area contributed by atoms with Gasteiger partial charge in [0.1, 0.15) is 17.3 Å². The summed E-state index contributed by atoms with van der Waals surface area (Å²) in [7, 11) is 0. The van der Waals surface area contributed by atoms with Gasteiger partial charge in [0.15, 0.2) is 0 Å². The normalized spacial score (nSPS) is 13.6. The Morgan fingerprint density at radius 2 is 1.61 bits per heavy atom. The first-order chi connectivity index (χ1) is 17.8. The van der Waals surface area contributed by atoms with Crippen LogP contribution in [0.15, 0.2) is 83.5 Å². The number of benzene rings is 3. The minimum Gasteiger partial charge on any atom is -0.457 e. The summed E-state index contributed by atoms with van der Waals surface area (Å²) in [4.78, 5) is 4.77. The molecule has 0 aliphatic rings. The van der Waals surface area contributed by atoms with Crippen LogP contribution in [0.1, 0.15) is 55.4 Å². The van der Waals surface area contributed by atoms with Crippen molar-refractivity contribution in [1.29, 1.82) is 0 Å². The number of ether oxygens (including phenoxy) is 1. The number of halogens is 1. The molecule has 5 aromatic rings. The minimum absolute atomic E-state index is 0.0265. The van der Waals surface area contributed by atoms with Crippen LogP contribution in [0.4, 0.5) is 0 Å². The van der Waals surface area contributed by atoms with Crippen LogP contribution >= 0.6 is 15.9 Å². The third-order valence-electron chi connectivity index (χ3n) is 6.13. The van der Waals surface area contributed by atoms with E-state index in [0.717, 1.165) is 43.6 Å². The maximum absolute atomic E-state index is 8.87. The van der Waals surface area contributed by atoms with Gasteiger partial charge in [-0.1, -0.05) is 69.6 Å². The monoisotopic (exact) mass is 542 g/mol. The molecule has 0 radical (unpaired) electrons. The van der Waals surface area contributed by atoms with Crippen molar-refractivity contribution >= 4 is 37.7 Å². The molecule has 0 fully saturated rings. The largest absolute Gasteiger partial charge is 0.457 e. The standard InChI is InChI=1S/C32H33BrN2O/c1-31(2,3)20-21-10-13-28-27(16-21)26-12-11-25(36-24-9-7-8-23(33)18-24)19-29(26)35(28)30-17-22(14-15-34-30)32(4,5)6/h7-19H,20H2,1-6H3/i20D2. The topological polar surface area (TPSA) is 27.1 Å². The van der Waals surface area contributed by atoms with Gasteiger partial charge in [-0.05, 0) is 82.9 Å². The van der Waals surface area contributed by atoms with E-state index in [0.29, 0.717) is 5.56 Å². The highest BCUT2D eigenvalue weighted by atomic mass is 79.9. The van der Waals surface area contributed by atoms with E-state index < -0.39 is 11.8 Å². The zero-order valence-electron chi connectivity index (χ0n) is 23.7. The van der Waals surface area contributed by atoms with Crippen LogP contribution in [-0.4, -0.2) is 9.55 Å². The number of aromatic nitrogens is 2. The number of hydrogen-bond acceptors (Lipinski definition) is 2. The summed E-state index contributed by atoms with van der Waals surface area (Å²) < 4.78 is 27.1. The van der Waals surface area contributed by atoms with Crippen LogP contribution in [0.25, 0.3) is 27.6 Å². The summed E-state index contributed by atoms with van der Waals surface area (Å²) in [6.07, 6.45) is 0.367. The molecule has 0 atom stereocenters. The highest BCUT2D eigenvalue weighted by molar-refractivity contribution is 9.10. The quantitative estimate of drug-likeness (QED) is 0.226. The predicted octanol–water partition coefficient (Wildman–Crippen LogP) is 9.62. The summed E-state index contributed by atoms with van der Waals surface area (Å²) >= 11 is 3.52. The lowest BCUT2D eigenvalue weighted by Crippen LogP contribution is -2.12. The van der Waals surface area contributed by atoms with E-state index in [-0.39, 0.29) is 5.41 Å². The van der Waals surface area contributed by atoms with Crippen LogP contribution < -0.4 is 4.74 Å². The first kappa shape index (κ1) is 22.1. The van der Waals surface area contributed by atoms with Gasteiger partial charge in [0.2, 0.25) is 0 Å². The van der Waals surface area contributed by atoms with Gasteiger partial charge in [-0.25, -0.2) is 4.98 Å². The first-order valence-electron chi connectivity index (χ1n) is 13.2. The molecule has 0 aliphatic carbocycles. The van der Waals surface area contributed by atoms with Crippen molar-refractivity contribution in [2.45, 2.75) is 53.3 Å². The van der Waals surface area contributed by atoms with Gasteiger partial charge < -0.3 is 4.74 Å². The molecule has 0 aliphatic heterocycles. The maximum Gasteiger partial charge on any atom is 0.137 e. The molecule has 5 rings (SSSR count). The van der Waals surface area contributed by atoms with E-state index in [2.05, 4.69) is 59.5 Å². The lowest BCUT2D eigenvalue weighted by molar-refractivity contribution is 0.411. The van der Waals surface area contributed by atoms with Gasteiger partial charge in [-0.2, -0.15) is 0 Å². The average Bonchev–Trinajstić information content (AvgIpc) is 3.16. The maximum atomic E-state index is 8.87.